The van der Waals surface area contributed by atoms with Crippen LogP contribution in [0.5, 0.6) is 5.75 Å². The number of hydrogen-bond donors (Lipinski definition) is 3. The molecule has 0 saturated heterocycles. The lowest BCUT2D eigenvalue weighted by Crippen LogP contribution is -2.28. The molecule has 146 valence electrons. The number of nitro benzene ring substituents is 1. The summed E-state index contributed by atoms with van der Waals surface area (Å²) in [5.41, 5.74) is -0.536. The van der Waals surface area contributed by atoms with E-state index < -0.39 is 34.0 Å². The van der Waals surface area contributed by atoms with Gasteiger partial charge in [0.25, 0.3) is 17.5 Å². The highest BCUT2D eigenvalue weighted by molar-refractivity contribution is 6.03. The fraction of sp³-hybridized carbons (Fsp3) is 0.263. The molecule has 1 saturated carbocycles. The third-order valence-corrected chi connectivity index (χ3v) is 4.30. The molecule has 0 aliphatic heterocycles. The number of carbonyl (C=O) groups is 2. The molecule has 2 aromatic carbocycles. The van der Waals surface area contributed by atoms with Crippen LogP contribution in [0.1, 0.15) is 39.1 Å². The van der Waals surface area contributed by atoms with Crippen LogP contribution in [0.4, 0.5) is 10.1 Å². The van der Waals surface area contributed by atoms with Gasteiger partial charge in [-0.1, -0.05) is 12.1 Å². The monoisotopic (exact) mass is 387 g/mol. The van der Waals surface area contributed by atoms with Gasteiger partial charge in [-0.2, -0.15) is 0 Å². The summed E-state index contributed by atoms with van der Waals surface area (Å²) >= 11 is 0. The van der Waals surface area contributed by atoms with Crippen molar-refractivity contribution in [1.29, 1.82) is 0 Å². The van der Waals surface area contributed by atoms with Gasteiger partial charge in [-0.15, -0.1) is 0 Å². The van der Waals surface area contributed by atoms with Gasteiger partial charge in [0.15, 0.2) is 0 Å². The lowest BCUT2D eigenvalue weighted by atomic mass is 10.1. The minimum atomic E-state index is -0.783. The number of nitro groups is 1. The number of rotatable bonds is 7. The van der Waals surface area contributed by atoms with E-state index in [4.69, 9.17) is 0 Å². The molecule has 0 spiro atoms. The van der Waals surface area contributed by atoms with Crippen LogP contribution in [0.3, 0.4) is 0 Å². The van der Waals surface area contributed by atoms with E-state index in [1.165, 1.54) is 12.1 Å². The predicted molar refractivity (Wildman–Crippen MR) is 97.7 cm³/mol. The average molecular weight is 387 g/mol. The Kier molecular flexibility index (Phi) is 5.53. The number of nitrogens with one attached hydrogen (secondary N) is 2. The van der Waals surface area contributed by atoms with Crippen molar-refractivity contribution in [3.63, 3.8) is 0 Å². The molecular weight excluding hydrogens is 369 g/mol. The summed E-state index contributed by atoms with van der Waals surface area (Å²) in [6, 6.07) is 7.68. The van der Waals surface area contributed by atoms with Crippen LogP contribution in [0, 0.1) is 15.9 Å². The lowest BCUT2D eigenvalue weighted by Gasteiger charge is -2.10. The maximum Gasteiger partial charge on any atom is 0.283 e. The van der Waals surface area contributed by atoms with Crippen molar-refractivity contribution in [3.05, 3.63) is 69.0 Å². The van der Waals surface area contributed by atoms with E-state index in [0.717, 1.165) is 25.0 Å². The molecule has 2 amide bonds. The smallest absolute Gasteiger partial charge is 0.283 e. The molecule has 9 heteroatoms. The van der Waals surface area contributed by atoms with Crippen LogP contribution in [0.25, 0.3) is 0 Å². The summed E-state index contributed by atoms with van der Waals surface area (Å²) in [6.07, 6.45) is 1.96. The zero-order chi connectivity index (χ0) is 20.3. The van der Waals surface area contributed by atoms with E-state index in [0.29, 0.717) is 12.0 Å². The largest absolute Gasteiger partial charge is 0.507 e. The van der Waals surface area contributed by atoms with Gasteiger partial charge in [-0.05, 0) is 37.0 Å². The summed E-state index contributed by atoms with van der Waals surface area (Å²) in [6.45, 7) is 0.115. The van der Waals surface area contributed by atoms with Gasteiger partial charge in [0, 0.05) is 24.7 Å². The van der Waals surface area contributed by atoms with E-state index in [9.17, 15) is 29.2 Å². The van der Waals surface area contributed by atoms with E-state index in [2.05, 4.69) is 10.6 Å². The quantitative estimate of drug-likeness (QED) is 0.497. The SMILES string of the molecule is O=C(NC1CC1)c1cc([N+](=O)[O-])c(C(=O)NCCc2cccc(F)c2)cc1O. The molecule has 0 aromatic heterocycles. The molecule has 0 heterocycles. The van der Waals surface area contributed by atoms with Crippen LogP contribution in [-0.4, -0.2) is 34.4 Å². The van der Waals surface area contributed by atoms with Crippen LogP contribution in [-0.2, 0) is 6.42 Å². The van der Waals surface area contributed by atoms with Gasteiger partial charge in [0.2, 0.25) is 0 Å². The van der Waals surface area contributed by atoms with E-state index in [1.807, 2.05) is 0 Å². The molecule has 1 fully saturated rings. The Hall–Kier alpha value is -3.49. The second-order valence-corrected chi connectivity index (χ2v) is 6.53. The van der Waals surface area contributed by atoms with Crippen molar-refractivity contribution in [1.82, 2.24) is 10.6 Å². The number of phenolic OH excluding ortho intramolecular Hbond substituents is 1. The van der Waals surface area contributed by atoms with Crippen molar-refractivity contribution < 1.29 is 24.0 Å². The average Bonchev–Trinajstić information content (AvgIpc) is 3.45. The van der Waals surface area contributed by atoms with Gasteiger partial charge in [0.1, 0.15) is 17.1 Å². The molecule has 0 bridgehead atoms. The highest BCUT2D eigenvalue weighted by Crippen LogP contribution is 2.29. The summed E-state index contributed by atoms with van der Waals surface area (Å²) in [5, 5.41) is 26.6. The summed E-state index contributed by atoms with van der Waals surface area (Å²) in [4.78, 5) is 35.0. The third kappa shape index (κ3) is 4.61. The van der Waals surface area contributed by atoms with Gasteiger partial charge in [-0.3, -0.25) is 19.7 Å². The van der Waals surface area contributed by atoms with Crippen LogP contribution >= 0.6 is 0 Å². The molecule has 3 N–H and O–H groups in total. The van der Waals surface area contributed by atoms with E-state index >= 15 is 0 Å². The highest BCUT2D eigenvalue weighted by atomic mass is 19.1. The summed E-state index contributed by atoms with van der Waals surface area (Å²) in [5.74, 6) is -2.31. The van der Waals surface area contributed by atoms with E-state index in [-0.39, 0.29) is 23.7 Å². The molecule has 1 aliphatic rings. The van der Waals surface area contributed by atoms with E-state index in [1.54, 1.807) is 12.1 Å². The second-order valence-electron chi connectivity index (χ2n) is 6.53. The van der Waals surface area contributed by atoms with Crippen molar-refractivity contribution in [2.45, 2.75) is 25.3 Å². The van der Waals surface area contributed by atoms with Gasteiger partial charge < -0.3 is 15.7 Å². The predicted octanol–water partition coefficient (Wildman–Crippen LogP) is 2.30. The molecule has 0 atom stereocenters. The number of nitrogens with zero attached hydrogens (tertiary/aromatic N) is 1. The second kappa shape index (κ2) is 8.03. The standard InChI is InChI=1S/C19H18FN3O5/c20-12-3-1-2-11(8-12)6-7-21-18(25)14-10-17(24)15(9-16(14)23(27)28)19(26)22-13-4-5-13/h1-3,8-10,13,24H,4-7H2,(H,21,25)(H,22,26). The fourth-order valence-electron chi connectivity index (χ4n) is 2.69. The number of aromatic hydroxyl groups is 1. The first-order valence-electron chi connectivity index (χ1n) is 8.70. The van der Waals surface area contributed by atoms with Crippen LogP contribution in [0.2, 0.25) is 0 Å². The maximum atomic E-state index is 13.2. The lowest BCUT2D eigenvalue weighted by molar-refractivity contribution is -0.385. The zero-order valence-electron chi connectivity index (χ0n) is 14.8. The zero-order valence-corrected chi connectivity index (χ0v) is 14.8. The Labute approximate surface area is 159 Å². The molecule has 28 heavy (non-hydrogen) atoms. The number of hydrogen-bond acceptors (Lipinski definition) is 5. The van der Waals surface area contributed by atoms with Crippen molar-refractivity contribution in [2.24, 2.45) is 0 Å². The first-order chi connectivity index (χ1) is 13.3. The van der Waals surface area contributed by atoms with Crippen molar-refractivity contribution >= 4 is 17.5 Å². The molecule has 0 unspecified atom stereocenters. The molecule has 1 aliphatic carbocycles. The minimum absolute atomic E-state index is 0.0109. The van der Waals surface area contributed by atoms with Gasteiger partial charge in [0.05, 0.1) is 10.5 Å². The molecule has 8 nitrogen and oxygen atoms in total. The normalized spacial score (nSPS) is 13.0. The number of benzene rings is 2. The number of amides is 2. The van der Waals surface area contributed by atoms with Crippen molar-refractivity contribution in [2.75, 3.05) is 6.54 Å². The number of phenols is 1. The van der Waals surface area contributed by atoms with Crippen LogP contribution in [0.15, 0.2) is 36.4 Å². The first-order valence-corrected chi connectivity index (χ1v) is 8.70. The van der Waals surface area contributed by atoms with Gasteiger partial charge >= 0.3 is 0 Å². The van der Waals surface area contributed by atoms with Crippen molar-refractivity contribution in [3.8, 4) is 5.75 Å². The Morgan fingerprint density at radius 1 is 1.18 bits per heavy atom. The molecule has 2 aromatic rings. The Morgan fingerprint density at radius 2 is 1.93 bits per heavy atom. The highest BCUT2D eigenvalue weighted by Gasteiger charge is 2.29. The Balaban J connectivity index is 1.73. The number of carbonyl (C=O) groups excluding carboxylic acids is 2. The number of halogens is 1. The fourth-order valence-corrected chi connectivity index (χ4v) is 2.69. The molecule has 3 rings (SSSR count). The first kappa shape index (κ1) is 19.3. The van der Waals surface area contributed by atoms with Gasteiger partial charge in [-0.25, -0.2) is 4.39 Å². The Bertz CT molecular complexity index is 943. The minimum Gasteiger partial charge on any atom is -0.507 e. The Morgan fingerprint density at radius 3 is 2.57 bits per heavy atom. The molecular formula is C19H18FN3O5. The maximum absolute atomic E-state index is 13.2. The topological polar surface area (TPSA) is 122 Å². The summed E-state index contributed by atoms with van der Waals surface area (Å²) < 4.78 is 13.2. The van der Waals surface area contributed by atoms with Crippen LogP contribution < -0.4 is 10.6 Å². The molecule has 0 radical (unpaired) electrons. The summed E-state index contributed by atoms with van der Waals surface area (Å²) in [7, 11) is 0. The third-order valence-electron chi connectivity index (χ3n) is 4.30.